The fourth-order valence-electron chi connectivity index (χ4n) is 4.12. The zero-order valence-electron chi connectivity index (χ0n) is 18.4. The highest BCUT2D eigenvalue weighted by molar-refractivity contribution is 6.00. The molecule has 5 rings (SSSR count). The lowest BCUT2D eigenvalue weighted by Crippen LogP contribution is -2.46. The number of nitrogens with one attached hydrogen (secondary N) is 1. The van der Waals surface area contributed by atoms with Crippen LogP contribution in [0.1, 0.15) is 33.8 Å². The molecule has 172 valence electrons. The lowest BCUT2D eigenvalue weighted by molar-refractivity contribution is 0.0667. The van der Waals surface area contributed by atoms with Gasteiger partial charge >= 0.3 is 0 Å². The van der Waals surface area contributed by atoms with Crippen LogP contribution in [-0.4, -0.2) is 45.6 Å². The third-order valence-corrected chi connectivity index (χ3v) is 5.95. The van der Waals surface area contributed by atoms with Gasteiger partial charge in [-0.2, -0.15) is 5.10 Å². The monoisotopic (exact) mass is 458 g/mol. The molecule has 1 N–H and O–H groups in total. The molecule has 1 aliphatic heterocycles. The molecule has 0 atom stereocenters. The first-order valence-corrected chi connectivity index (χ1v) is 11.1. The molecular formula is C26H23FN4O3. The van der Waals surface area contributed by atoms with E-state index in [1.54, 1.807) is 40.0 Å². The van der Waals surface area contributed by atoms with Crippen LogP contribution in [-0.2, 0) is 0 Å². The Balaban J connectivity index is 1.33. The quantitative estimate of drug-likeness (QED) is 0.483. The van der Waals surface area contributed by atoms with Crippen molar-refractivity contribution in [3.63, 3.8) is 0 Å². The lowest BCUT2D eigenvalue weighted by Gasteiger charge is -2.31. The van der Waals surface area contributed by atoms with Crippen LogP contribution >= 0.6 is 0 Å². The van der Waals surface area contributed by atoms with Crippen LogP contribution in [0.2, 0.25) is 0 Å². The predicted molar refractivity (Wildman–Crippen MR) is 124 cm³/mol. The van der Waals surface area contributed by atoms with Crippen molar-refractivity contribution in [1.82, 2.24) is 20.0 Å². The van der Waals surface area contributed by atoms with E-state index in [-0.39, 0.29) is 23.7 Å². The lowest BCUT2D eigenvalue weighted by atomic mass is 10.0. The van der Waals surface area contributed by atoms with Crippen molar-refractivity contribution >= 4 is 11.8 Å². The number of hydrogen-bond acceptors (Lipinski definition) is 4. The molecule has 1 saturated heterocycles. The van der Waals surface area contributed by atoms with Gasteiger partial charge in [0, 0.05) is 30.9 Å². The van der Waals surface area contributed by atoms with Crippen LogP contribution in [0, 0.1) is 5.82 Å². The van der Waals surface area contributed by atoms with E-state index in [9.17, 15) is 14.0 Å². The molecule has 3 heterocycles. The number of rotatable bonds is 5. The molecule has 7 nitrogen and oxygen atoms in total. The zero-order valence-corrected chi connectivity index (χ0v) is 18.4. The Bertz CT molecular complexity index is 1280. The first-order chi connectivity index (χ1) is 16.6. The predicted octanol–water partition coefficient (Wildman–Crippen LogP) is 4.31. The van der Waals surface area contributed by atoms with Crippen LogP contribution in [0.4, 0.5) is 4.39 Å². The van der Waals surface area contributed by atoms with Crippen LogP contribution in [0.5, 0.6) is 0 Å². The summed E-state index contributed by atoms with van der Waals surface area (Å²) in [7, 11) is 0. The van der Waals surface area contributed by atoms with Crippen molar-refractivity contribution in [3.8, 4) is 16.9 Å². The highest BCUT2D eigenvalue weighted by Crippen LogP contribution is 2.25. The molecule has 4 aromatic rings. The van der Waals surface area contributed by atoms with Crippen molar-refractivity contribution in [2.24, 2.45) is 0 Å². The van der Waals surface area contributed by atoms with E-state index in [4.69, 9.17) is 4.42 Å². The van der Waals surface area contributed by atoms with Gasteiger partial charge in [-0.3, -0.25) is 9.59 Å². The number of benzene rings is 2. The van der Waals surface area contributed by atoms with E-state index < -0.39 is 0 Å². The molecule has 0 spiro atoms. The molecule has 1 aliphatic rings. The summed E-state index contributed by atoms with van der Waals surface area (Å²) >= 11 is 0. The average Bonchev–Trinajstić information content (AvgIpc) is 3.56. The Morgan fingerprint density at radius 3 is 2.38 bits per heavy atom. The maximum Gasteiger partial charge on any atom is 0.289 e. The summed E-state index contributed by atoms with van der Waals surface area (Å²) in [6, 6.07) is 18.7. The maximum absolute atomic E-state index is 13.5. The van der Waals surface area contributed by atoms with Crippen LogP contribution in [0.3, 0.4) is 0 Å². The van der Waals surface area contributed by atoms with Gasteiger partial charge in [-0.15, -0.1) is 0 Å². The highest BCUT2D eigenvalue weighted by atomic mass is 19.1. The zero-order chi connectivity index (χ0) is 23.5. The Morgan fingerprint density at radius 2 is 1.71 bits per heavy atom. The third kappa shape index (κ3) is 4.47. The first-order valence-electron chi connectivity index (χ1n) is 11.1. The van der Waals surface area contributed by atoms with Crippen molar-refractivity contribution in [2.75, 3.05) is 13.1 Å². The number of likely N-dealkylation sites (tertiary alicyclic amines) is 1. The second-order valence-corrected chi connectivity index (χ2v) is 8.20. The summed E-state index contributed by atoms with van der Waals surface area (Å²) in [6.07, 6.45) is 4.45. The van der Waals surface area contributed by atoms with Gasteiger partial charge in [-0.05, 0) is 61.4 Å². The Kier molecular flexibility index (Phi) is 5.95. The summed E-state index contributed by atoms with van der Waals surface area (Å²) in [6.45, 7) is 1.05. The Morgan fingerprint density at radius 1 is 0.971 bits per heavy atom. The number of furan rings is 1. The fraction of sp³-hybridized carbons (Fsp3) is 0.192. The molecule has 34 heavy (non-hydrogen) atoms. The number of amides is 2. The summed E-state index contributed by atoms with van der Waals surface area (Å²) in [5.74, 6) is -0.428. The molecular weight excluding hydrogens is 435 g/mol. The number of piperidine rings is 1. The number of hydrogen-bond donors (Lipinski definition) is 1. The fourth-order valence-corrected chi connectivity index (χ4v) is 4.12. The summed E-state index contributed by atoms with van der Waals surface area (Å²) in [4.78, 5) is 27.5. The number of carbonyl (C=O) groups is 2. The number of halogens is 1. The molecule has 1 fully saturated rings. The topological polar surface area (TPSA) is 80.4 Å². The molecule has 0 unspecified atom stereocenters. The van der Waals surface area contributed by atoms with Gasteiger partial charge in [0.1, 0.15) is 11.5 Å². The van der Waals surface area contributed by atoms with E-state index in [0.717, 1.165) is 5.69 Å². The van der Waals surface area contributed by atoms with Gasteiger partial charge in [-0.1, -0.05) is 18.2 Å². The van der Waals surface area contributed by atoms with Crippen molar-refractivity contribution in [3.05, 3.63) is 96.3 Å². The van der Waals surface area contributed by atoms with Crippen molar-refractivity contribution in [2.45, 2.75) is 18.9 Å². The van der Waals surface area contributed by atoms with Crippen LogP contribution in [0.25, 0.3) is 16.9 Å². The Hall–Kier alpha value is -4.20. The van der Waals surface area contributed by atoms with Gasteiger partial charge in [0.05, 0.1) is 17.5 Å². The molecule has 2 aromatic heterocycles. The molecule has 2 aromatic carbocycles. The van der Waals surface area contributed by atoms with Crippen molar-refractivity contribution < 1.29 is 18.4 Å². The summed E-state index contributed by atoms with van der Waals surface area (Å²) in [5, 5.41) is 7.72. The molecule has 0 aliphatic carbocycles. The number of nitrogens with zero attached hydrogens (tertiary/aromatic N) is 3. The van der Waals surface area contributed by atoms with E-state index in [1.807, 2.05) is 30.3 Å². The van der Waals surface area contributed by atoms with E-state index in [0.29, 0.717) is 48.5 Å². The normalized spacial score (nSPS) is 14.2. The minimum atomic E-state index is -0.354. The first kappa shape index (κ1) is 21.6. The second kappa shape index (κ2) is 9.35. The van der Waals surface area contributed by atoms with Gasteiger partial charge in [0.15, 0.2) is 5.76 Å². The number of para-hydroxylation sites is 1. The number of aromatic nitrogens is 2. The van der Waals surface area contributed by atoms with E-state index in [1.165, 1.54) is 18.4 Å². The van der Waals surface area contributed by atoms with Gasteiger partial charge in [-0.25, -0.2) is 9.07 Å². The van der Waals surface area contributed by atoms with Gasteiger partial charge in [0.25, 0.3) is 11.8 Å². The third-order valence-electron chi connectivity index (χ3n) is 5.95. The number of carbonyl (C=O) groups excluding carboxylic acids is 2. The standard InChI is InChI=1S/C26H23FN4O3/c27-19-10-8-18(9-11-19)24-22(17-31(29-24)21-5-2-1-3-6-21)25(32)28-20-12-14-30(15-13-20)26(33)23-7-4-16-34-23/h1-11,16-17,20H,12-15H2,(H,28,32). The average molecular weight is 458 g/mol. The summed E-state index contributed by atoms with van der Waals surface area (Å²) < 4.78 is 20.3. The van der Waals surface area contributed by atoms with E-state index in [2.05, 4.69) is 10.4 Å². The second-order valence-electron chi connectivity index (χ2n) is 8.20. The molecule has 0 saturated carbocycles. The largest absolute Gasteiger partial charge is 0.459 e. The van der Waals surface area contributed by atoms with E-state index >= 15 is 0 Å². The van der Waals surface area contributed by atoms with Crippen molar-refractivity contribution in [1.29, 1.82) is 0 Å². The molecule has 8 heteroatoms. The minimum absolute atomic E-state index is 0.0747. The molecule has 0 radical (unpaired) electrons. The smallest absolute Gasteiger partial charge is 0.289 e. The SMILES string of the molecule is O=C(NC1CCN(C(=O)c2ccco2)CC1)c1cn(-c2ccccc2)nc1-c1ccc(F)cc1. The highest BCUT2D eigenvalue weighted by Gasteiger charge is 2.27. The molecule has 2 amide bonds. The minimum Gasteiger partial charge on any atom is -0.459 e. The van der Waals surface area contributed by atoms with Crippen LogP contribution < -0.4 is 5.32 Å². The molecule has 0 bridgehead atoms. The summed E-state index contributed by atoms with van der Waals surface area (Å²) in [5.41, 5.74) is 2.35. The maximum atomic E-state index is 13.5. The Labute approximate surface area is 195 Å². The van der Waals surface area contributed by atoms with Crippen LogP contribution in [0.15, 0.2) is 83.6 Å². The van der Waals surface area contributed by atoms with Gasteiger partial charge in [0.2, 0.25) is 0 Å². The van der Waals surface area contributed by atoms with Gasteiger partial charge < -0.3 is 14.6 Å².